The molecule has 1 saturated heterocycles. The molecule has 0 aromatic heterocycles. The monoisotopic (exact) mass is 346 g/mol. The molecule has 6 heteroatoms. The molecule has 2 fully saturated rings. The Bertz CT molecular complexity index is 667. The quantitative estimate of drug-likeness (QED) is 0.802. The number of amides is 3. The van der Waals surface area contributed by atoms with Gasteiger partial charge in [-0.25, -0.2) is 4.79 Å². The van der Waals surface area contributed by atoms with Crippen molar-refractivity contribution in [2.24, 2.45) is 0 Å². The molecule has 1 heterocycles. The lowest BCUT2D eigenvalue weighted by Crippen LogP contribution is -2.48. The average molecular weight is 346 g/mol. The molecule has 136 valence electrons. The van der Waals surface area contributed by atoms with Crippen molar-refractivity contribution in [1.82, 2.24) is 10.2 Å². The number of rotatable bonds is 5. The van der Waals surface area contributed by atoms with E-state index in [1.807, 2.05) is 32.0 Å². The molecule has 1 aromatic carbocycles. The lowest BCUT2D eigenvalue weighted by molar-refractivity contribution is -0.133. The molecular weight excluding hydrogens is 320 g/mol. The number of aliphatic hydroxyl groups is 1. The van der Waals surface area contributed by atoms with E-state index in [-0.39, 0.29) is 19.1 Å². The van der Waals surface area contributed by atoms with Crippen molar-refractivity contribution < 1.29 is 19.4 Å². The molecule has 1 aromatic rings. The van der Waals surface area contributed by atoms with Gasteiger partial charge in [0.05, 0.1) is 6.54 Å². The van der Waals surface area contributed by atoms with Gasteiger partial charge in [0, 0.05) is 0 Å². The topological polar surface area (TPSA) is 78.9 Å². The fourth-order valence-corrected chi connectivity index (χ4v) is 3.75. The van der Waals surface area contributed by atoms with Crippen LogP contribution in [0.4, 0.5) is 4.79 Å². The van der Waals surface area contributed by atoms with E-state index >= 15 is 0 Å². The number of benzene rings is 1. The van der Waals surface area contributed by atoms with Crippen LogP contribution in [0.15, 0.2) is 18.2 Å². The van der Waals surface area contributed by atoms with Gasteiger partial charge in [-0.2, -0.15) is 0 Å². The number of aliphatic hydroxyl groups excluding tert-OH is 1. The smallest absolute Gasteiger partial charge is 0.325 e. The van der Waals surface area contributed by atoms with Gasteiger partial charge in [0.1, 0.15) is 24.0 Å². The number of nitrogens with one attached hydrogen (secondary N) is 1. The first-order valence-electron chi connectivity index (χ1n) is 8.93. The summed E-state index contributed by atoms with van der Waals surface area (Å²) in [6.07, 6.45) is 3.43. The summed E-state index contributed by atoms with van der Waals surface area (Å²) in [6, 6.07) is 5.41. The van der Waals surface area contributed by atoms with Gasteiger partial charge < -0.3 is 15.2 Å². The van der Waals surface area contributed by atoms with Crippen molar-refractivity contribution in [3.63, 3.8) is 0 Å². The zero-order valence-electron chi connectivity index (χ0n) is 14.9. The first-order chi connectivity index (χ1) is 11.9. The molecule has 1 spiro atoms. The van der Waals surface area contributed by atoms with Crippen LogP contribution in [0.25, 0.3) is 0 Å². The maximum absolute atomic E-state index is 12.7. The third-order valence-electron chi connectivity index (χ3n) is 5.11. The third-order valence-corrected chi connectivity index (χ3v) is 5.11. The molecule has 0 bridgehead atoms. The Balaban J connectivity index is 1.58. The van der Waals surface area contributed by atoms with Crippen LogP contribution in [0, 0.1) is 13.8 Å². The zero-order valence-corrected chi connectivity index (χ0v) is 14.9. The maximum atomic E-state index is 12.7. The van der Waals surface area contributed by atoms with Crippen molar-refractivity contribution in [3.05, 3.63) is 29.3 Å². The van der Waals surface area contributed by atoms with Gasteiger partial charge in [-0.15, -0.1) is 0 Å². The summed E-state index contributed by atoms with van der Waals surface area (Å²) in [5.74, 6) is 0.494. The van der Waals surface area contributed by atoms with Crippen LogP contribution in [0.1, 0.15) is 43.2 Å². The largest absolute Gasteiger partial charge is 0.491 e. The van der Waals surface area contributed by atoms with Gasteiger partial charge >= 0.3 is 6.03 Å². The van der Waals surface area contributed by atoms with Gasteiger partial charge in [-0.05, 0) is 38.3 Å². The minimum atomic E-state index is -0.922. The van der Waals surface area contributed by atoms with E-state index in [1.165, 1.54) is 0 Å². The first kappa shape index (κ1) is 17.7. The van der Waals surface area contributed by atoms with E-state index in [4.69, 9.17) is 4.74 Å². The maximum Gasteiger partial charge on any atom is 0.325 e. The Hall–Kier alpha value is -2.08. The summed E-state index contributed by atoms with van der Waals surface area (Å²) in [4.78, 5) is 26.0. The van der Waals surface area contributed by atoms with Gasteiger partial charge in [-0.3, -0.25) is 9.69 Å². The summed E-state index contributed by atoms with van der Waals surface area (Å²) < 4.78 is 5.65. The number of imide groups is 1. The number of carbonyl (C=O) groups excluding carboxylic acids is 2. The van der Waals surface area contributed by atoms with Crippen molar-refractivity contribution >= 4 is 11.9 Å². The molecule has 1 aliphatic heterocycles. The number of carbonyl (C=O) groups is 2. The predicted molar refractivity (Wildman–Crippen MR) is 93.5 cm³/mol. The molecule has 1 saturated carbocycles. The fraction of sp³-hybridized carbons (Fsp3) is 0.579. The van der Waals surface area contributed by atoms with Crippen LogP contribution < -0.4 is 10.1 Å². The summed E-state index contributed by atoms with van der Waals surface area (Å²) in [6.45, 7) is 3.94. The second-order valence-corrected chi connectivity index (χ2v) is 7.22. The van der Waals surface area contributed by atoms with Crippen LogP contribution in [0.3, 0.4) is 0 Å². The molecule has 2 N–H and O–H groups in total. The zero-order chi connectivity index (χ0) is 18.0. The molecule has 2 aliphatic rings. The summed E-state index contributed by atoms with van der Waals surface area (Å²) in [5, 5.41) is 13.1. The summed E-state index contributed by atoms with van der Waals surface area (Å²) >= 11 is 0. The molecule has 3 amide bonds. The van der Waals surface area contributed by atoms with E-state index in [9.17, 15) is 14.7 Å². The first-order valence-corrected chi connectivity index (χ1v) is 8.93. The number of β-amino-alcohol motifs (C(OH)–C–C–N with tert-alkyl or cyclic N) is 1. The second kappa shape index (κ2) is 7.04. The third kappa shape index (κ3) is 3.63. The Kier molecular flexibility index (Phi) is 4.99. The van der Waals surface area contributed by atoms with Crippen LogP contribution in [-0.2, 0) is 4.79 Å². The average Bonchev–Trinajstić information content (AvgIpc) is 2.79. The molecule has 0 radical (unpaired) electrons. The highest BCUT2D eigenvalue weighted by Gasteiger charge is 2.51. The van der Waals surface area contributed by atoms with E-state index in [0.29, 0.717) is 18.6 Å². The highest BCUT2D eigenvalue weighted by Crippen LogP contribution is 2.33. The van der Waals surface area contributed by atoms with Crippen LogP contribution in [0.2, 0.25) is 0 Å². The fourth-order valence-electron chi connectivity index (χ4n) is 3.75. The van der Waals surface area contributed by atoms with E-state index in [1.54, 1.807) is 0 Å². The van der Waals surface area contributed by atoms with E-state index < -0.39 is 17.7 Å². The number of nitrogens with zero attached hydrogens (tertiary/aromatic N) is 1. The van der Waals surface area contributed by atoms with Gasteiger partial charge in [0.2, 0.25) is 0 Å². The Morgan fingerprint density at radius 2 is 1.96 bits per heavy atom. The number of hydrogen-bond acceptors (Lipinski definition) is 4. The number of aryl methyl sites for hydroxylation is 2. The number of urea groups is 1. The second-order valence-electron chi connectivity index (χ2n) is 7.22. The van der Waals surface area contributed by atoms with Crippen molar-refractivity contribution in [1.29, 1.82) is 0 Å². The van der Waals surface area contributed by atoms with E-state index in [0.717, 1.165) is 35.3 Å². The predicted octanol–water partition coefficient (Wildman–Crippen LogP) is 2.30. The molecule has 1 atom stereocenters. The lowest BCUT2D eigenvalue weighted by Gasteiger charge is -2.30. The van der Waals surface area contributed by atoms with E-state index in [2.05, 4.69) is 5.32 Å². The highest BCUT2D eigenvalue weighted by atomic mass is 16.5. The van der Waals surface area contributed by atoms with Crippen LogP contribution >= 0.6 is 0 Å². The minimum Gasteiger partial charge on any atom is -0.491 e. The lowest BCUT2D eigenvalue weighted by atomic mass is 9.82. The standard InChI is InChI=1S/C19H26N2O4/c1-13-6-7-16(14(2)10-13)25-12-15(22)11-21-17(23)19(20-18(21)24)8-4-3-5-9-19/h6-7,10,15,22H,3-5,8-9,11-12H2,1-2H3,(H,20,24). The van der Waals surface area contributed by atoms with Crippen LogP contribution in [0.5, 0.6) is 5.75 Å². The molecular formula is C19H26N2O4. The molecule has 6 nitrogen and oxygen atoms in total. The normalized spacial score (nSPS) is 20.7. The Morgan fingerprint density at radius 1 is 1.24 bits per heavy atom. The SMILES string of the molecule is Cc1ccc(OCC(O)CN2C(=O)NC3(CCCCC3)C2=O)c(C)c1. The molecule has 25 heavy (non-hydrogen) atoms. The van der Waals surface area contributed by atoms with Crippen molar-refractivity contribution in [2.45, 2.75) is 57.6 Å². The number of ether oxygens (including phenoxy) is 1. The summed E-state index contributed by atoms with van der Waals surface area (Å²) in [5.41, 5.74) is 1.38. The Morgan fingerprint density at radius 3 is 2.64 bits per heavy atom. The van der Waals surface area contributed by atoms with Crippen molar-refractivity contribution in [2.75, 3.05) is 13.2 Å². The van der Waals surface area contributed by atoms with Gasteiger partial charge in [-0.1, -0.05) is 37.0 Å². The van der Waals surface area contributed by atoms with Crippen LogP contribution in [-0.4, -0.2) is 46.7 Å². The highest BCUT2D eigenvalue weighted by molar-refractivity contribution is 6.07. The Labute approximate surface area is 148 Å². The number of hydrogen-bond donors (Lipinski definition) is 2. The molecule has 1 aliphatic carbocycles. The molecule has 1 unspecified atom stereocenters. The molecule has 3 rings (SSSR count). The summed E-state index contributed by atoms with van der Waals surface area (Å²) in [7, 11) is 0. The minimum absolute atomic E-state index is 0.0357. The van der Waals surface area contributed by atoms with Gasteiger partial charge in [0.15, 0.2) is 0 Å². The van der Waals surface area contributed by atoms with Gasteiger partial charge in [0.25, 0.3) is 5.91 Å². The van der Waals surface area contributed by atoms with Crippen molar-refractivity contribution in [3.8, 4) is 5.75 Å².